The summed E-state index contributed by atoms with van der Waals surface area (Å²) in [6.45, 7) is 3.66. The maximum Gasteiger partial charge on any atom is 0.254 e. The van der Waals surface area contributed by atoms with Crippen LogP contribution in [0.1, 0.15) is 40.4 Å². The van der Waals surface area contributed by atoms with E-state index in [1.165, 1.54) is 0 Å². The van der Waals surface area contributed by atoms with E-state index in [1.54, 1.807) is 0 Å². The van der Waals surface area contributed by atoms with Gasteiger partial charge in [-0.2, -0.15) is 0 Å². The summed E-state index contributed by atoms with van der Waals surface area (Å²) >= 11 is 6.36. The van der Waals surface area contributed by atoms with E-state index in [4.69, 9.17) is 11.6 Å². The van der Waals surface area contributed by atoms with Gasteiger partial charge in [0.25, 0.3) is 5.91 Å². The van der Waals surface area contributed by atoms with Crippen LogP contribution in [0.5, 0.6) is 0 Å². The number of halogens is 1. The maximum absolute atomic E-state index is 12.8. The SMILES string of the molecule is Cc1ccccc1C(=O)N1CCC(C(=O)NC[C@@H](c2ccccc2Cl)N(C)C)CC1. The highest BCUT2D eigenvalue weighted by Gasteiger charge is 2.29. The number of nitrogens with one attached hydrogen (secondary N) is 1. The molecule has 1 fully saturated rings. The molecule has 1 aliphatic heterocycles. The van der Waals surface area contributed by atoms with Crippen LogP contribution in [-0.4, -0.2) is 55.3 Å². The van der Waals surface area contributed by atoms with Crippen LogP contribution in [-0.2, 0) is 4.79 Å². The molecule has 0 aliphatic carbocycles. The Morgan fingerprint density at radius 2 is 1.73 bits per heavy atom. The van der Waals surface area contributed by atoms with E-state index in [0.29, 0.717) is 37.5 Å². The Morgan fingerprint density at radius 1 is 1.10 bits per heavy atom. The normalized spacial score (nSPS) is 15.8. The minimum absolute atomic E-state index is 0.00497. The first-order valence-electron chi connectivity index (χ1n) is 10.4. The molecule has 1 atom stereocenters. The highest BCUT2D eigenvalue weighted by Crippen LogP contribution is 2.26. The smallest absolute Gasteiger partial charge is 0.254 e. The molecule has 0 bridgehead atoms. The van der Waals surface area contributed by atoms with Gasteiger partial charge in [0, 0.05) is 36.1 Å². The maximum atomic E-state index is 12.8. The third kappa shape index (κ3) is 5.21. The van der Waals surface area contributed by atoms with E-state index in [1.807, 2.05) is 74.4 Å². The summed E-state index contributed by atoms with van der Waals surface area (Å²) in [7, 11) is 3.96. The number of carbonyl (C=O) groups is 2. The number of likely N-dealkylation sites (N-methyl/N-ethyl adjacent to an activating group) is 1. The van der Waals surface area contributed by atoms with Crippen LogP contribution in [0.3, 0.4) is 0 Å². The Balaban J connectivity index is 1.54. The molecule has 0 saturated carbocycles. The molecule has 160 valence electrons. The summed E-state index contributed by atoms with van der Waals surface area (Å²) in [5.74, 6) is 0.0372. The number of hydrogen-bond donors (Lipinski definition) is 1. The molecule has 1 aliphatic rings. The van der Waals surface area contributed by atoms with Crippen LogP contribution in [0.25, 0.3) is 0 Å². The molecule has 0 unspecified atom stereocenters. The standard InChI is InChI=1S/C24H30ClN3O2/c1-17-8-4-5-9-19(17)24(30)28-14-12-18(13-15-28)23(29)26-16-22(27(2)3)20-10-6-7-11-21(20)25/h4-11,18,22H,12-16H2,1-3H3,(H,26,29)/t22-/m0/s1. The number of likely N-dealkylation sites (tertiary alicyclic amines) is 1. The van der Waals surface area contributed by atoms with E-state index in [9.17, 15) is 9.59 Å². The number of aryl methyl sites for hydroxylation is 1. The molecule has 2 amide bonds. The molecule has 6 heteroatoms. The number of rotatable bonds is 6. The molecular formula is C24H30ClN3O2. The van der Waals surface area contributed by atoms with Gasteiger partial charge in [0.1, 0.15) is 0 Å². The predicted octanol–water partition coefficient (Wildman–Crippen LogP) is 3.92. The van der Waals surface area contributed by atoms with Gasteiger partial charge in [-0.3, -0.25) is 9.59 Å². The molecule has 1 heterocycles. The molecule has 0 spiro atoms. The zero-order valence-electron chi connectivity index (χ0n) is 17.9. The lowest BCUT2D eigenvalue weighted by Crippen LogP contribution is -2.44. The second-order valence-electron chi connectivity index (χ2n) is 8.13. The molecule has 2 aromatic rings. The van der Waals surface area contributed by atoms with E-state index >= 15 is 0 Å². The predicted molar refractivity (Wildman–Crippen MR) is 121 cm³/mol. The lowest BCUT2D eigenvalue weighted by atomic mass is 9.94. The van der Waals surface area contributed by atoms with Crippen molar-refractivity contribution >= 4 is 23.4 Å². The van der Waals surface area contributed by atoms with E-state index < -0.39 is 0 Å². The van der Waals surface area contributed by atoms with Crippen LogP contribution >= 0.6 is 11.6 Å². The van der Waals surface area contributed by atoms with E-state index in [2.05, 4.69) is 10.2 Å². The van der Waals surface area contributed by atoms with Crippen molar-refractivity contribution in [3.8, 4) is 0 Å². The first-order valence-corrected chi connectivity index (χ1v) is 10.8. The number of carbonyl (C=O) groups excluding carboxylic acids is 2. The summed E-state index contributed by atoms with van der Waals surface area (Å²) in [5.41, 5.74) is 2.73. The number of nitrogens with zero attached hydrogens (tertiary/aromatic N) is 2. The lowest BCUT2D eigenvalue weighted by molar-refractivity contribution is -0.126. The Labute approximate surface area is 184 Å². The van der Waals surface area contributed by atoms with Gasteiger partial charge in [0.15, 0.2) is 0 Å². The molecule has 0 aromatic heterocycles. The highest BCUT2D eigenvalue weighted by molar-refractivity contribution is 6.31. The Bertz CT molecular complexity index is 892. The summed E-state index contributed by atoms with van der Waals surface area (Å²) in [6.07, 6.45) is 1.37. The minimum Gasteiger partial charge on any atom is -0.354 e. The summed E-state index contributed by atoms with van der Waals surface area (Å²) < 4.78 is 0. The lowest BCUT2D eigenvalue weighted by Gasteiger charge is -2.32. The third-order valence-electron chi connectivity index (χ3n) is 5.89. The molecule has 3 rings (SSSR count). The van der Waals surface area contributed by atoms with E-state index in [-0.39, 0.29) is 23.8 Å². The average Bonchev–Trinajstić information content (AvgIpc) is 2.74. The van der Waals surface area contributed by atoms with Crippen molar-refractivity contribution in [2.24, 2.45) is 5.92 Å². The number of benzene rings is 2. The largest absolute Gasteiger partial charge is 0.354 e. The van der Waals surface area contributed by atoms with Crippen molar-refractivity contribution in [1.29, 1.82) is 0 Å². The fourth-order valence-corrected chi connectivity index (χ4v) is 4.25. The van der Waals surface area contributed by atoms with Gasteiger partial charge in [-0.15, -0.1) is 0 Å². The molecule has 1 N–H and O–H groups in total. The number of amides is 2. The summed E-state index contributed by atoms with van der Waals surface area (Å²) in [5, 5.41) is 3.80. The second kappa shape index (κ2) is 10.1. The highest BCUT2D eigenvalue weighted by atomic mass is 35.5. The Morgan fingerprint density at radius 3 is 2.37 bits per heavy atom. The summed E-state index contributed by atoms with van der Waals surface area (Å²) in [6, 6.07) is 15.4. The molecule has 2 aromatic carbocycles. The zero-order chi connectivity index (χ0) is 21.7. The van der Waals surface area contributed by atoms with Crippen LogP contribution in [0.15, 0.2) is 48.5 Å². The zero-order valence-corrected chi connectivity index (χ0v) is 18.7. The fraction of sp³-hybridized carbons (Fsp3) is 0.417. The average molecular weight is 428 g/mol. The first-order chi connectivity index (χ1) is 14.4. The van der Waals surface area contributed by atoms with Gasteiger partial charge < -0.3 is 15.1 Å². The number of piperidine rings is 1. The van der Waals surface area contributed by atoms with Crippen LogP contribution in [0.2, 0.25) is 5.02 Å². The second-order valence-corrected chi connectivity index (χ2v) is 8.53. The van der Waals surface area contributed by atoms with Crippen molar-refractivity contribution < 1.29 is 9.59 Å². The van der Waals surface area contributed by atoms with Crippen LogP contribution < -0.4 is 5.32 Å². The van der Waals surface area contributed by atoms with Crippen molar-refractivity contribution in [3.63, 3.8) is 0 Å². The van der Waals surface area contributed by atoms with Crippen molar-refractivity contribution in [3.05, 3.63) is 70.2 Å². The Kier molecular flexibility index (Phi) is 7.51. The van der Waals surface area contributed by atoms with Gasteiger partial charge in [-0.25, -0.2) is 0 Å². The fourth-order valence-electron chi connectivity index (χ4n) is 3.99. The van der Waals surface area contributed by atoms with Gasteiger partial charge in [0.2, 0.25) is 5.91 Å². The first kappa shape index (κ1) is 22.3. The van der Waals surface area contributed by atoms with Gasteiger partial charge >= 0.3 is 0 Å². The quantitative estimate of drug-likeness (QED) is 0.760. The molecule has 0 radical (unpaired) electrons. The molecule has 1 saturated heterocycles. The molecular weight excluding hydrogens is 398 g/mol. The summed E-state index contributed by atoms with van der Waals surface area (Å²) in [4.78, 5) is 29.5. The Hall–Kier alpha value is -2.37. The van der Waals surface area contributed by atoms with E-state index in [0.717, 1.165) is 16.7 Å². The van der Waals surface area contributed by atoms with Crippen LogP contribution in [0.4, 0.5) is 0 Å². The third-order valence-corrected chi connectivity index (χ3v) is 6.23. The van der Waals surface area contributed by atoms with Gasteiger partial charge in [-0.1, -0.05) is 48.0 Å². The van der Waals surface area contributed by atoms with Crippen molar-refractivity contribution in [1.82, 2.24) is 15.1 Å². The minimum atomic E-state index is -0.0695. The number of hydrogen-bond acceptors (Lipinski definition) is 3. The van der Waals surface area contributed by atoms with Crippen molar-refractivity contribution in [2.45, 2.75) is 25.8 Å². The van der Waals surface area contributed by atoms with Gasteiger partial charge in [0.05, 0.1) is 6.04 Å². The van der Waals surface area contributed by atoms with Gasteiger partial charge in [-0.05, 0) is 57.1 Å². The monoisotopic (exact) mass is 427 g/mol. The molecule has 5 nitrogen and oxygen atoms in total. The molecule has 30 heavy (non-hydrogen) atoms. The topological polar surface area (TPSA) is 52.7 Å². The van der Waals surface area contributed by atoms with Crippen molar-refractivity contribution in [2.75, 3.05) is 33.7 Å². The van der Waals surface area contributed by atoms with Crippen LogP contribution in [0, 0.1) is 12.8 Å².